The molecule has 1 aliphatic rings. The van der Waals surface area contributed by atoms with E-state index in [1.807, 2.05) is 13.8 Å². The molecule has 134 valence electrons. The molecule has 1 aromatic heterocycles. The number of hydrogen-bond acceptors (Lipinski definition) is 4. The van der Waals surface area contributed by atoms with Crippen molar-refractivity contribution in [2.75, 3.05) is 24.2 Å². The van der Waals surface area contributed by atoms with Gasteiger partial charge in [-0.15, -0.1) is 0 Å². The van der Waals surface area contributed by atoms with Gasteiger partial charge in [0.05, 0.1) is 10.8 Å². The first-order chi connectivity index (χ1) is 11.3. The van der Waals surface area contributed by atoms with Crippen LogP contribution in [0.1, 0.15) is 33.1 Å². The molecule has 0 aliphatic carbocycles. The zero-order valence-corrected chi connectivity index (χ0v) is 15.6. The molecule has 0 radical (unpaired) electrons. The lowest BCUT2D eigenvalue weighted by Gasteiger charge is -2.31. The molecule has 1 aliphatic heterocycles. The number of halogens is 1. The number of hydrogen-bond donors (Lipinski definition) is 1. The molecule has 1 saturated heterocycles. The third kappa shape index (κ3) is 5.16. The number of piperidine rings is 1. The highest BCUT2D eigenvalue weighted by Crippen LogP contribution is 2.22. The Bertz CT molecular complexity index is 656. The molecule has 2 heterocycles. The molecule has 8 heteroatoms. The fraction of sp³-hybridized carbons (Fsp3) is 0.625. The predicted octanol–water partition coefficient (Wildman–Crippen LogP) is 2.76. The van der Waals surface area contributed by atoms with Gasteiger partial charge in [-0.2, -0.15) is 0 Å². The summed E-state index contributed by atoms with van der Waals surface area (Å²) >= 11 is 5.76. The molecular weight excluding hydrogens is 350 g/mol. The maximum atomic E-state index is 12.4. The van der Waals surface area contributed by atoms with Crippen LogP contribution in [-0.2, 0) is 14.8 Å². The summed E-state index contributed by atoms with van der Waals surface area (Å²) in [5.74, 6) is 0.458. The van der Waals surface area contributed by atoms with E-state index in [1.165, 1.54) is 10.5 Å². The lowest BCUT2D eigenvalue weighted by Crippen LogP contribution is -2.43. The van der Waals surface area contributed by atoms with Crippen LogP contribution in [-0.4, -0.2) is 42.5 Å². The molecule has 1 amide bonds. The summed E-state index contributed by atoms with van der Waals surface area (Å²) in [5.41, 5.74) is 0. The van der Waals surface area contributed by atoms with Crippen LogP contribution >= 0.6 is 11.6 Å². The Hall–Kier alpha value is -1.18. The largest absolute Gasteiger partial charge is 0.310 e. The van der Waals surface area contributed by atoms with E-state index in [9.17, 15) is 13.2 Å². The third-order valence-electron chi connectivity index (χ3n) is 4.39. The van der Waals surface area contributed by atoms with Crippen LogP contribution in [0.15, 0.2) is 18.3 Å². The minimum Gasteiger partial charge on any atom is -0.310 e. The average molecular weight is 374 g/mol. The number of anilines is 1. The van der Waals surface area contributed by atoms with E-state index in [1.54, 1.807) is 12.1 Å². The number of amides is 1. The Morgan fingerprint density at radius 1 is 1.42 bits per heavy atom. The van der Waals surface area contributed by atoms with Gasteiger partial charge in [0.2, 0.25) is 15.9 Å². The van der Waals surface area contributed by atoms with Crippen molar-refractivity contribution < 1.29 is 13.2 Å². The quantitative estimate of drug-likeness (QED) is 0.831. The van der Waals surface area contributed by atoms with Crippen molar-refractivity contribution in [2.45, 2.75) is 33.1 Å². The maximum absolute atomic E-state index is 12.4. The third-order valence-corrected chi connectivity index (χ3v) is 6.75. The Morgan fingerprint density at radius 3 is 2.62 bits per heavy atom. The predicted molar refractivity (Wildman–Crippen MR) is 95.4 cm³/mol. The van der Waals surface area contributed by atoms with E-state index < -0.39 is 10.0 Å². The summed E-state index contributed by atoms with van der Waals surface area (Å²) in [6.45, 7) is 4.72. The van der Waals surface area contributed by atoms with Crippen molar-refractivity contribution in [2.24, 2.45) is 11.8 Å². The van der Waals surface area contributed by atoms with Crippen molar-refractivity contribution in [1.82, 2.24) is 9.29 Å². The highest BCUT2D eigenvalue weighted by atomic mass is 35.5. The van der Waals surface area contributed by atoms with Crippen LogP contribution < -0.4 is 5.32 Å². The van der Waals surface area contributed by atoms with Crippen LogP contribution in [0.5, 0.6) is 0 Å². The van der Waals surface area contributed by atoms with Gasteiger partial charge in [-0.3, -0.25) is 4.79 Å². The molecule has 1 fully saturated rings. The molecule has 0 spiro atoms. The number of carbonyl (C=O) groups is 1. The van der Waals surface area contributed by atoms with Crippen LogP contribution in [0.25, 0.3) is 0 Å². The van der Waals surface area contributed by atoms with Crippen molar-refractivity contribution in [3.05, 3.63) is 23.4 Å². The molecular formula is C16H24ClN3O3S. The Labute approximate surface area is 148 Å². The van der Waals surface area contributed by atoms with Crippen LogP contribution in [0.2, 0.25) is 5.02 Å². The van der Waals surface area contributed by atoms with Gasteiger partial charge < -0.3 is 5.32 Å². The smallest absolute Gasteiger partial charge is 0.228 e. The maximum Gasteiger partial charge on any atom is 0.228 e. The second-order valence-corrected chi connectivity index (χ2v) is 8.77. The summed E-state index contributed by atoms with van der Waals surface area (Å²) in [4.78, 5) is 16.3. The number of pyridine rings is 1. The van der Waals surface area contributed by atoms with E-state index in [2.05, 4.69) is 10.3 Å². The summed E-state index contributed by atoms with van der Waals surface area (Å²) in [6, 6.07) is 3.31. The molecule has 0 bridgehead atoms. The number of aromatic nitrogens is 1. The van der Waals surface area contributed by atoms with Gasteiger partial charge in [0.1, 0.15) is 5.82 Å². The van der Waals surface area contributed by atoms with E-state index >= 15 is 0 Å². The van der Waals surface area contributed by atoms with E-state index in [-0.39, 0.29) is 23.5 Å². The first-order valence-electron chi connectivity index (χ1n) is 8.22. The number of nitrogens with zero attached hydrogens (tertiary/aromatic N) is 2. The van der Waals surface area contributed by atoms with Gasteiger partial charge in [0, 0.05) is 25.2 Å². The van der Waals surface area contributed by atoms with Gasteiger partial charge >= 0.3 is 0 Å². The van der Waals surface area contributed by atoms with Gasteiger partial charge in [-0.25, -0.2) is 17.7 Å². The lowest BCUT2D eigenvalue weighted by atomic mass is 9.97. The van der Waals surface area contributed by atoms with Crippen molar-refractivity contribution >= 4 is 33.3 Å². The fourth-order valence-corrected chi connectivity index (χ4v) is 4.70. The average Bonchev–Trinajstić information content (AvgIpc) is 2.56. The van der Waals surface area contributed by atoms with E-state index in [0.29, 0.717) is 36.8 Å². The molecule has 0 unspecified atom stereocenters. The Morgan fingerprint density at radius 2 is 2.08 bits per heavy atom. The number of sulfonamides is 1. The van der Waals surface area contributed by atoms with Crippen molar-refractivity contribution in [1.29, 1.82) is 0 Å². The minimum absolute atomic E-state index is 0.121. The summed E-state index contributed by atoms with van der Waals surface area (Å²) in [5, 5.41) is 3.26. The zero-order valence-electron chi connectivity index (χ0n) is 14.0. The molecule has 24 heavy (non-hydrogen) atoms. The van der Waals surface area contributed by atoms with Crippen LogP contribution in [0.3, 0.4) is 0 Å². The number of rotatable bonds is 6. The van der Waals surface area contributed by atoms with Crippen LogP contribution in [0.4, 0.5) is 5.82 Å². The molecule has 1 atom stereocenters. The molecule has 1 N–H and O–H groups in total. The minimum atomic E-state index is -3.23. The molecule has 0 aromatic carbocycles. The van der Waals surface area contributed by atoms with Gasteiger partial charge in [-0.1, -0.05) is 31.9 Å². The summed E-state index contributed by atoms with van der Waals surface area (Å²) < 4.78 is 26.2. The molecule has 6 nitrogen and oxygen atoms in total. The standard InChI is InChI=1S/C16H24ClN3O3S/c1-3-12(2)11-24(22,23)20-8-6-13(7-9-20)16(21)19-15-5-4-14(17)10-18-15/h4-5,10,12-13H,3,6-9,11H2,1-2H3,(H,18,19,21)/t12-/m0/s1. The first kappa shape index (κ1) is 19.1. The van der Waals surface area contributed by atoms with Gasteiger partial charge in [0.25, 0.3) is 0 Å². The number of nitrogens with one attached hydrogen (secondary N) is 1. The van der Waals surface area contributed by atoms with E-state index in [4.69, 9.17) is 11.6 Å². The van der Waals surface area contributed by atoms with Crippen molar-refractivity contribution in [3.63, 3.8) is 0 Å². The van der Waals surface area contributed by atoms with Crippen LogP contribution in [0, 0.1) is 11.8 Å². The monoisotopic (exact) mass is 373 g/mol. The highest BCUT2D eigenvalue weighted by Gasteiger charge is 2.31. The van der Waals surface area contributed by atoms with E-state index in [0.717, 1.165) is 6.42 Å². The topological polar surface area (TPSA) is 79.4 Å². The summed E-state index contributed by atoms with van der Waals surface area (Å²) in [7, 11) is -3.23. The molecule has 1 aromatic rings. The highest BCUT2D eigenvalue weighted by molar-refractivity contribution is 7.89. The molecule has 0 saturated carbocycles. The molecule has 2 rings (SSSR count). The summed E-state index contributed by atoms with van der Waals surface area (Å²) in [6.07, 6.45) is 3.37. The second-order valence-electron chi connectivity index (χ2n) is 6.32. The van der Waals surface area contributed by atoms with Gasteiger partial charge in [0.15, 0.2) is 0 Å². The second kappa shape index (κ2) is 8.27. The number of carbonyl (C=O) groups excluding carboxylic acids is 1. The first-order valence-corrected chi connectivity index (χ1v) is 10.2. The lowest BCUT2D eigenvalue weighted by molar-refractivity contribution is -0.120. The normalized spacial score (nSPS) is 18.3. The Balaban J connectivity index is 1.87. The zero-order chi connectivity index (χ0) is 17.7. The SMILES string of the molecule is CC[C@H](C)CS(=O)(=O)N1CCC(C(=O)Nc2ccc(Cl)cn2)CC1. The van der Waals surface area contributed by atoms with Gasteiger partial charge in [-0.05, 0) is 30.9 Å². The fourth-order valence-electron chi connectivity index (χ4n) is 2.66. The Kier molecular flexibility index (Phi) is 6.60. The van der Waals surface area contributed by atoms with Crippen molar-refractivity contribution in [3.8, 4) is 0 Å².